The van der Waals surface area contributed by atoms with Gasteiger partial charge in [0.05, 0.1) is 12.6 Å². The number of nitrogens with two attached hydrogens (primary N) is 1. The van der Waals surface area contributed by atoms with Gasteiger partial charge in [0.1, 0.15) is 11.3 Å². The molecular formula is C19H23N7O2S. The number of rotatable bonds is 3. The van der Waals surface area contributed by atoms with Crippen LogP contribution < -0.4 is 20.7 Å². The van der Waals surface area contributed by atoms with Gasteiger partial charge in [-0.05, 0) is 37.6 Å². The van der Waals surface area contributed by atoms with Crippen LogP contribution >= 0.6 is 11.3 Å². The van der Waals surface area contributed by atoms with Crippen molar-refractivity contribution in [1.29, 1.82) is 0 Å². The van der Waals surface area contributed by atoms with E-state index in [0.29, 0.717) is 19.6 Å². The summed E-state index contributed by atoms with van der Waals surface area (Å²) in [5, 5.41) is 3.00. The van der Waals surface area contributed by atoms with Gasteiger partial charge in [-0.15, -0.1) is 11.3 Å². The summed E-state index contributed by atoms with van der Waals surface area (Å²) >= 11 is 1.44. The first kappa shape index (κ1) is 19.2. The van der Waals surface area contributed by atoms with Crippen LogP contribution in [0.25, 0.3) is 10.3 Å². The number of nitrogen functional groups attached to an aromatic ring is 1. The molecule has 9 nitrogen and oxygen atoms in total. The second kappa shape index (κ2) is 7.70. The van der Waals surface area contributed by atoms with Crippen molar-refractivity contribution in [3.8, 4) is 5.75 Å². The predicted molar refractivity (Wildman–Crippen MR) is 115 cm³/mol. The maximum absolute atomic E-state index is 12.8. The normalized spacial score (nSPS) is 16.9. The molecule has 0 saturated carbocycles. The molecule has 4 rings (SSSR count). The zero-order valence-corrected chi connectivity index (χ0v) is 17.4. The molecule has 3 N–H and O–H groups in total. The molecule has 0 unspecified atom stereocenters. The third kappa shape index (κ3) is 3.75. The maximum atomic E-state index is 12.8. The Morgan fingerprint density at radius 1 is 1.34 bits per heavy atom. The largest absolute Gasteiger partial charge is 0.497 e. The third-order valence-electron chi connectivity index (χ3n) is 5.06. The van der Waals surface area contributed by atoms with Crippen molar-refractivity contribution in [3.63, 3.8) is 0 Å². The number of carbonyl (C=O) groups is 1. The Morgan fingerprint density at radius 3 is 2.90 bits per heavy atom. The van der Waals surface area contributed by atoms with Crippen molar-refractivity contribution in [2.45, 2.75) is 19.9 Å². The van der Waals surface area contributed by atoms with Crippen molar-refractivity contribution in [3.05, 3.63) is 29.3 Å². The number of nitrogens with zero attached hydrogens (tertiary/aromatic N) is 5. The van der Waals surface area contributed by atoms with Gasteiger partial charge in [-0.25, -0.2) is 14.8 Å². The molecule has 1 aliphatic rings. The number of carbonyl (C=O) groups excluding carboxylic acids is 1. The zero-order valence-electron chi connectivity index (χ0n) is 16.5. The third-order valence-corrected chi connectivity index (χ3v) is 5.78. The first-order valence-corrected chi connectivity index (χ1v) is 10.2. The summed E-state index contributed by atoms with van der Waals surface area (Å²) in [5.41, 5.74) is 10.1. The molecule has 2 aromatic heterocycles. The van der Waals surface area contributed by atoms with Gasteiger partial charge in [0.2, 0.25) is 5.95 Å². The fourth-order valence-electron chi connectivity index (χ4n) is 3.52. The average Bonchev–Trinajstić information content (AvgIpc) is 3.17. The highest BCUT2D eigenvalue weighted by atomic mass is 32.1. The standard InChI is InChI=1S/C19H23N7O2S/c1-11-8-13(28-3)4-5-14(11)22-19(27)25-6-7-26(12(2)9-25)16-15-17(29-10-21-15)24-18(20)23-16/h4-5,8,10,12H,6-7,9H2,1-3H3,(H,22,27)(H2,20,23,24)/t12-/m1/s1. The number of urea groups is 1. The predicted octanol–water partition coefficient (Wildman–Crippen LogP) is 2.73. The molecular weight excluding hydrogens is 390 g/mol. The summed E-state index contributed by atoms with van der Waals surface area (Å²) in [6, 6.07) is 5.53. The maximum Gasteiger partial charge on any atom is 0.321 e. The number of thiazole rings is 1. The molecule has 1 saturated heterocycles. The summed E-state index contributed by atoms with van der Waals surface area (Å²) in [6.45, 7) is 5.78. The van der Waals surface area contributed by atoms with Crippen molar-refractivity contribution >= 4 is 45.2 Å². The molecule has 0 bridgehead atoms. The van der Waals surface area contributed by atoms with E-state index >= 15 is 0 Å². The number of anilines is 3. The second-order valence-electron chi connectivity index (χ2n) is 7.01. The number of ether oxygens (including phenoxy) is 1. The molecule has 10 heteroatoms. The van der Waals surface area contributed by atoms with Gasteiger partial charge in [-0.3, -0.25) is 0 Å². The second-order valence-corrected chi connectivity index (χ2v) is 7.84. The lowest BCUT2D eigenvalue weighted by Crippen LogP contribution is -2.55. The van der Waals surface area contributed by atoms with Gasteiger partial charge in [-0.2, -0.15) is 4.98 Å². The number of benzene rings is 1. The first-order chi connectivity index (χ1) is 14.0. The van der Waals surface area contributed by atoms with Gasteiger partial charge in [-0.1, -0.05) is 0 Å². The molecule has 3 aromatic rings. The number of fused-ring (bicyclic) bond motifs is 1. The average molecular weight is 414 g/mol. The molecule has 1 aliphatic heterocycles. The van der Waals surface area contributed by atoms with Crippen LogP contribution in [-0.2, 0) is 0 Å². The van der Waals surface area contributed by atoms with Gasteiger partial charge in [0, 0.05) is 31.4 Å². The Balaban J connectivity index is 1.47. The number of hydrogen-bond acceptors (Lipinski definition) is 8. The van der Waals surface area contributed by atoms with Gasteiger partial charge in [0.15, 0.2) is 10.6 Å². The Kier molecular flexibility index (Phi) is 5.10. The number of hydrogen-bond donors (Lipinski definition) is 2. The highest BCUT2D eigenvalue weighted by Crippen LogP contribution is 2.29. The smallest absolute Gasteiger partial charge is 0.321 e. The Morgan fingerprint density at radius 2 is 2.17 bits per heavy atom. The van der Waals surface area contributed by atoms with Gasteiger partial charge in [0.25, 0.3) is 0 Å². The molecule has 152 valence electrons. The van der Waals surface area contributed by atoms with Crippen LogP contribution in [0.3, 0.4) is 0 Å². The van der Waals surface area contributed by atoms with Crippen molar-refractivity contribution in [2.24, 2.45) is 0 Å². The Bertz CT molecular complexity index is 1050. The lowest BCUT2D eigenvalue weighted by molar-refractivity contribution is 0.200. The quantitative estimate of drug-likeness (QED) is 0.679. The summed E-state index contributed by atoms with van der Waals surface area (Å²) in [4.78, 5) is 30.6. The van der Waals surface area contributed by atoms with E-state index in [1.165, 1.54) is 11.3 Å². The summed E-state index contributed by atoms with van der Waals surface area (Å²) in [7, 11) is 1.62. The SMILES string of the molecule is COc1ccc(NC(=O)N2CCN(c3nc(N)nc4scnc34)[C@H](C)C2)c(C)c1. The fourth-order valence-corrected chi connectivity index (χ4v) is 4.18. The van der Waals surface area contributed by atoms with Crippen LogP contribution in [0.15, 0.2) is 23.7 Å². The van der Waals surface area contributed by atoms with E-state index in [0.717, 1.165) is 33.2 Å². The van der Waals surface area contributed by atoms with Crippen LogP contribution in [-0.4, -0.2) is 58.7 Å². The van der Waals surface area contributed by atoms with Crippen LogP contribution in [0.5, 0.6) is 5.75 Å². The number of piperazine rings is 1. The monoisotopic (exact) mass is 413 g/mol. The number of aryl methyl sites for hydroxylation is 1. The number of methoxy groups -OCH3 is 1. The van der Waals surface area contributed by atoms with Crippen LogP contribution in [0, 0.1) is 6.92 Å². The molecule has 1 fully saturated rings. The topological polar surface area (TPSA) is 110 Å². The molecule has 0 aliphatic carbocycles. The van der Waals surface area contributed by atoms with Crippen molar-refractivity contribution in [2.75, 3.05) is 42.7 Å². The summed E-state index contributed by atoms with van der Waals surface area (Å²) in [6.07, 6.45) is 0. The molecule has 0 radical (unpaired) electrons. The van der Waals surface area contributed by atoms with Gasteiger partial charge >= 0.3 is 6.03 Å². The minimum Gasteiger partial charge on any atom is -0.497 e. The molecule has 1 aromatic carbocycles. The van der Waals surface area contributed by atoms with Crippen molar-refractivity contribution < 1.29 is 9.53 Å². The highest BCUT2D eigenvalue weighted by Gasteiger charge is 2.29. The Hall–Kier alpha value is -3.14. The number of aromatic nitrogens is 3. The van der Waals surface area contributed by atoms with Crippen LogP contribution in [0.1, 0.15) is 12.5 Å². The Labute approximate surface area is 172 Å². The molecule has 1 atom stereocenters. The minimum absolute atomic E-state index is 0.0608. The number of nitrogens with one attached hydrogen (secondary N) is 1. The fraction of sp³-hybridized carbons (Fsp3) is 0.368. The summed E-state index contributed by atoms with van der Waals surface area (Å²) in [5.74, 6) is 1.73. The van der Waals surface area contributed by atoms with E-state index in [4.69, 9.17) is 10.5 Å². The minimum atomic E-state index is -0.120. The molecule has 0 spiro atoms. The molecule has 2 amide bonds. The first-order valence-electron chi connectivity index (χ1n) is 9.30. The van der Waals surface area contributed by atoms with Crippen LogP contribution in [0.2, 0.25) is 0 Å². The van der Waals surface area contributed by atoms with Gasteiger partial charge < -0.3 is 25.6 Å². The summed E-state index contributed by atoms with van der Waals surface area (Å²) < 4.78 is 5.22. The van der Waals surface area contributed by atoms with E-state index in [1.807, 2.05) is 30.0 Å². The lowest BCUT2D eigenvalue weighted by Gasteiger charge is -2.40. The van der Waals surface area contributed by atoms with E-state index in [1.54, 1.807) is 12.6 Å². The van der Waals surface area contributed by atoms with Crippen molar-refractivity contribution in [1.82, 2.24) is 19.9 Å². The van der Waals surface area contributed by atoms with E-state index < -0.39 is 0 Å². The highest BCUT2D eigenvalue weighted by molar-refractivity contribution is 7.16. The molecule has 3 heterocycles. The number of amides is 2. The van der Waals surface area contributed by atoms with E-state index in [9.17, 15) is 4.79 Å². The molecule has 29 heavy (non-hydrogen) atoms. The van der Waals surface area contributed by atoms with E-state index in [2.05, 4.69) is 32.1 Å². The van der Waals surface area contributed by atoms with E-state index in [-0.39, 0.29) is 18.0 Å². The lowest BCUT2D eigenvalue weighted by atomic mass is 10.1. The van der Waals surface area contributed by atoms with Crippen LogP contribution in [0.4, 0.5) is 22.2 Å². The zero-order chi connectivity index (χ0) is 20.5.